The highest BCUT2D eigenvalue weighted by Crippen LogP contribution is 2.33. The Labute approximate surface area is 99.7 Å². The number of hydrogen-bond donors (Lipinski definition) is 1. The molecule has 0 aliphatic carbocycles. The predicted octanol–water partition coefficient (Wildman–Crippen LogP) is 2.34. The summed E-state index contributed by atoms with van der Waals surface area (Å²) in [4.78, 5) is 11.2. The number of carbonyl (C=O) groups is 1. The summed E-state index contributed by atoms with van der Waals surface area (Å²) in [6.45, 7) is 3.22. The van der Waals surface area contributed by atoms with Crippen molar-refractivity contribution in [2.45, 2.75) is 19.3 Å². The van der Waals surface area contributed by atoms with Crippen molar-refractivity contribution in [1.82, 2.24) is 5.32 Å². The summed E-state index contributed by atoms with van der Waals surface area (Å²) in [5, 5.41) is 3.50. The molecule has 1 aliphatic rings. The second-order valence-corrected chi connectivity index (χ2v) is 4.26. The molecule has 0 bridgehead atoms. The first-order valence-electron chi connectivity index (χ1n) is 5.39. The number of benzene rings is 1. The van der Waals surface area contributed by atoms with E-state index in [0.29, 0.717) is 24.6 Å². The van der Waals surface area contributed by atoms with Gasteiger partial charge in [-0.1, -0.05) is 11.6 Å². The average molecular weight is 240 g/mol. The molecule has 2 rings (SSSR count). The van der Waals surface area contributed by atoms with Gasteiger partial charge in [0.2, 0.25) is 5.91 Å². The van der Waals surface area contributed by atoms with Gasteiger partial charge in [-0.2, -0.15) is 0 Å². The van der Waals surface area contributed by atoms with E-state index >= 15 is 0 Å². The highest BCUT2D eigenvalue weighted by atomic mass is 35.5. The summed E-state index contributed by atoms with van der Waals surface area (Å²) in [6, 6.07) is 5.56. The Morgan fingerprint density at radius 1 is 1.56 bits per heavy atom. The van der Waals surface area contributed by atoms with Gasteiger partial charge in [0.25, 0.3) is 0 Å². The van der Waals surface area contributed by atoms with E-state index in [2.05, 4.69) is 5.32 Å². The van der Waals surface area contributed by atoms with Crippen LogP contribution in [-0.2, 0) is 4.79 Å². The molecule has 0 saturated carbocycles. The summed E-state index contributed by atoms with van der Waals surface area (Å²) in [5.41, 5.74) is 1.02. The number of amides is 1. The molecular formula is C12H14ClNO2. The minimum atomic E-state index is 0.0902. The van der Waals surface area contributed by atoms with Gasteiger partial charge >= 0.3 is 0 Å². The van der Waals surface area contributed by atoms with Crippen molar-refractivity contribution >= 4 is 17.5 Å². The molecule has 1 atom stereocenters. The zero-order chi connectivity index (χ0) is 11.5. The largest absolute Gasteiger partial charge is 0.494 e. The molecule has 1 N–H and O–H groups in total. The van der Waals surface area contributed by atoms with Crippen LogP contribution >= 0.6 is 11.6 Å². The molecule has 1 aromatic rings. The third-order valence-electron chi connectivity index (χ3n) is 2.69. The fourth-order valence-corrected chi connectivity index (χ4v) is 2.13. The lowest BCUT2D eigenvalue weighted by atomic mass is 9.97. The minimum absolute atomic E-state index is 0.0902. The van der Waals surface area contributed by atoms with Crippen LogP contribution in [0.4, 0.5) is 0 Å². The highest BCUT2D eigenvalue weighted by molar-refractivity contribution is 6.30. The molecule has 86 valence electrons. The van der Waals surface area contributed by atoms with Gasteiger partial charge < -0.3 is 10.1 Å². The first kappa shape index (κ1) is 11.3. The molecule has 1 fully saturated rings. The molecule has 0 radical (unpaired) electrons. The maximum Gasteiger partial charge on any atom is 0.220 e. The Morgan fingerprint density at radius 2 is 2.38 bits per heavy atom. The SMILES string of the molecule is CCOc1ccc(Cl)cc1C1CNC(=O)C1. The van der Waals surface area contributed by atoms with Gasteiger partial charge in [-0.3, -0.25) is 4.79 Å². The van der Waals surface area contributed by atoms with Crippen LogP contribution in [-0.4, -0.2) is 19.1 Å². The Kier molecular flexibility index (Phi) is 3.34. The highest BCUT2D eigenvalue weighted by Gasteiger charge is 2.25. The van der Waals surface area contributed by atoms with Gasteiger partial charge in [0.05, 0.1) is 6.61 Å². The molecule has 3 nitrogen and oxygen atoms in total. The van der Waals surface area contributed by atoms with E-state index in [1.807, 2.05) is 19.1 Å². The van der Waals surface area contributed by atoms with E-state index in [0.717, 1.165) is 11.3 Å². The van der Waals surface area contributed by atoms with E-state index in [4.69, 9.17) is 16.3 Å². The molecule has 16 heavy (non-hydrogen) atoms. The van der Waals surface area contributed by atoms with Gasteiger partial charge in [0, 0.05) is 29.5 Å². The van der Waals surface area contributed by atoms with E-state index in [1.165, 1.54) is 0 Å². The smallest absolute Gasteiger partial charge is 0.220 e. The number of nitrogens with one attached hydrogen (secondary N) is 1. The fraction of sp³-hybridized carbons (Fsp3) is 0.417. The minimum Gasteiger partial charge on any atom is -0.494 e. The van der Waals surface area contributed by atoms with Gasteiger partial charge in [-0.05, 0) is 25.1 Å². The van der Waals surface area contributed by atoms with Crippen molar-refractivity contribution in [1.29, 1.82) is 0 Å². The summed E-state index contributed by atoms with van der Waals surface area (Å²) in [5.74, 6) is 1.09. The lowest BCUT2D eigenvalue weighted by Gasteiger charge is -2.14. The van der Waals surface area contributed by atoms with Crippen molar-refractivity contribution in [2.75, 3.05) is 13.2 Å². The van der Waals surface area contributed by atoms with Gasteiger partial charge in [-0.25, -0.2) is 0 Å². The zero-order valence-electron chi connectivity index (χ0n) is 9.13. The van der Waals surface area contributed by atoms with Crippen LogP contribution in [0.25, 0.3) is 0 Å². The van der Waals surface area contributed by atoms with Crippen LogP contribution < -0.4 is 10.1 Å². The Hall–Kier alpha value is -1.22. The summed E-state index contributed by atoms with van der Waals surface area (Å²) < 4.78 is 5.54. The van der Waals surface area contributed by atoms with Crippen LogP contribution in [0.1, 0.15) is 24.8 Å². The van der Waals surface area contributed by atoms with Crippen LogP contribution in [0.15, 0.2) is 18.2 Å². The second-order valence-electron chi connectivity index (χ2n) is 3.82. The van der Waals surface area contributed by atoms with Crippen molar-refractivity contribution in [3.8, 4) is 5.75 Å². The standard InChI is InChI=1S/C12H14ClNO2/c1-2-16-11-4-3-9(13)6-10(11)8-5-12(15)14-7-8/h3-4,6,8H,2,5,7H2,1H3,(H,14,15). The second kappa shape index (κ2) is 4.74. The zero-order valence-corrected chi connectivity index (χ0v) is 9.88. The number of rotatable bonds is 3. The topological polar surface area (TPSA) is 38.3 Å². The van der Waals surface area contributed by atoms with Crippen molar-refractivity contribution in [3.05, 3.63) is 28.8 Å². The maximum absolute atomic E-state index is 11.2. The monoisotopic (exact) mass is 239 g/mol. The third kappa shape index (κ3) is 2.30. The van der Waals surface area contributed by atoms with E-state index in [9.17, 15) is 4.79 Å². The van der Waals surface area contributed by atoms with Crippen LogP contribution in [0, 0.1) is 0 Å². The van der Waals surface area contributed by atoms with Gasteiger partial charge in [-0.15, -0.1) is 0 Å². The number of hydrogen-bond acceptors (Lipinski definition) is 2. The van der Waals surface area contributed by atoms with E-state index in [1.54, 1.807) is 6.07 Å². The van der Waals surface area contributed by atoms with Crippen molar-refractivity contribution < 1.29 is 9.53 Å². The molecule has 4 heteroatoms. The molecule has 0 aromatic heterocycles. The lowest BCUT2D eigenvalue weighted by molar-refractivity contribution is -0.119. The summed E-state index contributed by atoms with van der Waals surface area (Å²) in [7, 11) is 0. The first-order chi connectivity index (χ1) is 7.70. The van der Waals surface area contributed by atoms with Crippen LogP contribution in [0.2, 0.25) is 5.02 Å². The number of carbonyl (C=O) groups excluding carboxylic acids is 1. The molecule has 0 spiro atoms. The van der Waals surface area contributed by atoms with Gasteiger partial charge in [0.15, 0.2) is 0 Å². The quantitative estimate of drug-likeness (QED) is 0.879. The van der Waals surface area contributed by atoms with E-state index in [-0.39, 0.29) is 11.8 Å². The Balaban J connectivity index is 2.29. The molecule has 1 unspecified atom stereocenters. The third-order valence-corrected chi connectivity index (χ3v) is 2.92. The molecular weight excluding hydrogens is 226 g/mol. The van der Waals surface area contributed by atoms with Crippen molar-refractivity contribution in [3.63, 3.8) is 0 Å². The first-order valence-corrected chi connectivity index (χ1v) is 5.77. The average Bonchev–Trinajstić information content (AvgIpc) is 2.68. The van der Waals surface area contributed by atoms with Crippen LogP contribution in [0.3, 0.4) is 0 Å². The molecule has 1 aliphatic heterocycles. The Morgan fingerprint density at radius 3 is 3.00 bits per heavy atom. The number of halogens is 1. The van der Waals surface area contributed by atoms with Crippen molar-refractivity contribution in [2.24, 2.45) is 0 Å². The Bertz CT molecular complexity index is 406. The predicted molar refractivity (Wildman–Crippen MR) is 63.0 cm³/mol. The maximum atomic E-state index is 11.2. The molecule has 1 amide bonds. The van der Waals surface area contributed by atoms with E-state index < -0.39 is 0 Å². The summed E-state index contributed by atoms with van der Waals surface area (Å²) in [6.07, 6.45) is 0.514. The van der Waals surface area contributed by atoms with Crippen LogP contribution in [0.5, 0.6) is 5.75 Å². The molecule has 1 heterocycles. The molecule has 1 aromatic carbocycles. The lowest BCUT2D eigenvalue weighted by Crippen LogP contribution is -2.13. The normalized spacial score (nSPS) is 19.6. The fourth-order valence-electron chi connectivity index (χ4n) is 1.95. The van der Waals surface area contributed by atoms with Gasteiger partial charge in [0.1, 0.15) is 5.75 Å². The number of ether oxygens (including phenoxy) is 1. The summed E-state index contributed by atoms with van der Waals surface area (Å²) >= 11 is 5.97. The molecule has 1 saturated heterocycles.